The molecule has 0 amide bonds. The second-order valence-electron chi connectivity index (χ2n) is 4.64. The van der Waals surface area contributed by atoms with Crippen molar-refractivity contribution >= 4 is 0 Å². The molecule has 1 aliphatic heterocycles. The summed E-state index contributed by atoms with van der Waals surface area (Å²) in [7, 11) is 1.67. The van der Waals surface area contributed by atoms with Crippen LogP contribution in [0.25, 0.3) is 0 Å². The van der Waals surface area contributed by atoms with Crippen molar-refractivity contribution in [2.75, 3.05) is 13.9 Å². The molecule has 3 rings (SSSR count). The highest BCUT2D eigenvalue weighted by Crippen LogP contribution is 2.32. The van der Waals surface area contributed by atoms with Crippen LogP contribution in [0.1, 0.15) is 11.1 Å². The third kappa shape index (κ3) is 2.86. The molecule has 2 aromatic rings. The highest BCUT2D eigenvalue weighted by molar-refractivity contribution is 5.44. The zero-order chi connectivity index (χ0) is 13.8. The summed E-state index contributed by atoms with van der Waals surface area (Å²) in [4.78, 5) is 0. The van der Waals surface area contributed by atoms with Crippen LogP contribution in [0, 0.1) is 0 Å². The summed E-state index contributed by atoms with van der Waals surface area (Å²) in [5, 5.41) is 3.41. The fraction of sp³-hybridized carbons (Fsp3) is 0.250. The maximum atomic E-state index is 5.37. The summed E-state index contributed by atoms with van der Waals surface area (Å²) >= 11 is 0. The molecule has 0 unspecified atom stereocenters. The van der Waals surface area contributed by atoms with Crippen LogP contribution in [0.4, 0.5) is 0 Å². The van der Waals surface area contributed by atoms with E-state index in [1.54, 1.807) is 7.11 Å². The lowest BCUT2D eigenvalue weighted by atomic mass is 10.2. The number of methoxy groups -OCH3 is 1. The molecule has 0 radical (unpaired) electrons. The zero-order valence-electron chi connectivity index (χ0n) is 11.4. The van der Waals surface area contributed by atoms with E-state index in [4.69, 9.17) is 14.2 Å². The highest BCUT2D eigenvalue weighted by Gasteiger charge is 2.12. The van der Waals surface area contributed by atoms with Crippen LogP contribution >= 0.6 is 0 Å². The second-order valence-corrected chi connectivity index (χ2v) is 4.64. The van der Waals surface area contributed by atoms with Gasteiger partial charge in [-0.3, -0.25) is 0 Å². The van der Waals surface area contributed by atoms with Gasteiger partial charge < -0.3 is 19.5 Å². The van der Waals surface area contributed by atoms with Gasteiger partial charge in [0.15, 0.2) is 11.5 Å². The standard InChI is InChI=1S/C16H17NO3/c1-18-14-5-2-12(3-6-14)9-17-10-13-4-7-15-16(8-13)20-11-19-15/h2-8,17H,9-11H2,1H3. The molecule has 4 nitrogen and oxygen atoms in total. The number of hydrogen-bond acceptors (Lipinski definition) is 4. The van der Waals surface area contributed by atoms with Crippen LogP contribution < -0.4 is 19.5 Å². The lowest BCUT2D eigenvalue weighted by Gasteiger charge is -2.07. The molecule has 0 saturated heterocycles. The van der Waals surface area contributed by atoms with Gasteiger partial charge in [-0.2, -0.15) is 0 Å². The summed E-state index contributed by atoms with van der Waals surface area (Å²) in [5.74, 6) is 2.53. The molecule has 0 aliphatic carbocycles. The molecule has 0 aromatic heterocycles. The van der Waals surface area contributed by atoms with Crippen molar-refractivity contribution in [2.45, 2.75) is 13.1 Å². The van der Waals surface area contributed by atoms with Gasteiger partial charge in [0.1, 0.15) is 5.75 Å². The van der Waals surface area contributed by atoms with Gasteiger partial charge in [-0.15, -0.1) is 0 Å². The largest absolute Gasteiger partial charge is 0.497 e. The Labute approximate surface area is 118 Å². The van der Waals surface area contributed by atoms with Crippen molar-refractivity contribution in [3.63, 3.8) is 0 Å². The first-order valence-electron chi connectivity index (χ1n) is 6.57. The molecule has 1 heterocycles. The molecule has 0 saturated carbocycles. The second kappa shape index (κ2) is 5.84. The zero-order valence-corrected chi connectivity index (χ0v) is 11.4. The van der Waals surface area contributed by atoms with E-state index in [0.717, 1.165) is 30.3 Å². The predicted octanol–water partition coefficient (Wildman–Crippen LogP) is 2.71. The maximum Gasteiger partial charge on any atom is 0.231 e. The highest BCUT2D eigenvalue weighted by atomic mass is 16.7. The van der Waals surface area contributed by atoms with E-state index in [9.17, 15) is 0 Å². The minimum Gasteiger partial charge on any atom is -0.497 e. The third-order valence-corrected chi connectivity index (χ3v) is 3.25. The Hall–Kier alpha value is -2.20. The lowest BCUT2D eigenvalue weighted by molar-refractivity contribution is 0.174. The van der Waals surface area contributed by atoms with E-state index in [0.29, 0.717) is 6.79 Å². The van der Waals surface area contributed by atoms with Gasteiger partial charge in [0.2, 0.25) is 6.79 Å². The Balaban J connectivity index is 1.54. The number of nitrogens with one attached hydrogen (secondary N) is 1. The molecule has 2 aromatic carbocycles. The Kier molecular flexibility index (Phi) is 3.74. The minimum atomic E-state index is 0.318. The smallest absolute Gasteiger partial charge is 0.231 e. The van der Waals surface area contributed by atoms with Crippen molar-refractivity contribution < 1.29 is 14.2 Å². The average Bonchev–Trinajstić information content (AvgIpc) is 2.95. The predicted molar refractivity (Wildman–Crippen MR) is 76.1 cm³/mol. The molecular weight excluding hydrogens is 254 g/mol. The van der Waals surface area contributed by atoms with E-state index in [-0.39, 0.29) is 0 Å². The van der Waals surface area contributed by atoms with Crippen LogP contribution in [0.15, 0.2) is 42.5 Å². The number of benzene rings is 2. The Morgan fingerprint density at radius 3 is 2.45 bits per heavy atom. The van der Waals surface area contributed by atoms with Crippen LogP contribution in [0.5, 0.6) is 17.2 Å². The van der Waals surface area contributed by atoms with E-state index >= 15 is 0 Å². The summed E-state index contributed by atoms with van der Waals surface area (Å²) < 4.78 is 15.8. The molecule has 0 spiro atoms. The van der Waals surface area contributed by atoms with Crippen molar-refractivity contribution in [1.29, 1.82) is 0 Å². The quantitative estimate of drug-likeness (QED) is 0.907. The van der Waals surface area contributed by atoms with E-state index < -0.39 is 0 Å². The molecule has 4 heteroatoms. The van der Waals surface area contributed by atoms with Gasteiger partial charge in [0.05, 0.1) is 7.11 Å². The molecule has 0 fully saturated rings. The first-order chi connectivity index (χ1) is 9.85. The average molecular weight is 271 g/mol. The van der Waals surface area contributed by atoms with Gasteiger partial charge >= 0.3 is 0 Å². The van der Waals surface area contributed by atoms with Crippen molar-refractivity contribution in [3.8, 4) is 17.2 Å². The van der Waals surface area contributed by atoms with Crippen molar-refractivity contribution in [1.82, 2.24) is 5.32 Å². The first-order valence-corrected chi connectivity index (χ1v) is 6.57. The fourth-order valence-corrected chi connectivity index (χ4v) is 2.15. The van der Waals surface area contributed by atoms with Crippen LogP contribution in [0.2, 0.25) is 0 Å². The normalized spacial score (nSPS) is 12.4. The molecule has 1 aliphatic rings. The monoisotopic (exact) mass is 271 g/mol. The molecule has 1 N–H and O–H groups in total. The van der Waals surface area contributed by atoms with E-state index in [1.807, 2.05) is 24.3 Å². The molecule has 0 bridgehead atoms. The molecule has 104 valence electrons. The topological polar surface area (TPSA) is 39.7 Å². The fourth-order valence-electron chi connectivity index (χ4n) is 2.15. The maximum absolute atomic E-state index is 5.37. The van der Waals surface area contributed by atoms with Crippen LogP contribution in [-0.4, -0.2) is 13.9 Å². The Morgan fingerprint density at radius 1 is 0.950 bits per heavy atom. The number of ether oxygens (including phenoxy) is 3. The summed E-state index contributed by atoms with van der Waals surface area (Å²) in [6.45, 7) is 1.93. The van der Waals surface area contributed by atoms with E-state index in [2.05, 4.69) is 23.5 Å². The third-order valence-electron chi connectivity index (χ3n) is 3.25. The Morgan fingerprint density at radius 2 is 1.65 bits per heavy atom. The molecule has 0 atom stereocenters. The molecule has 20 heavy (non-hydrogen) atoms. The SMILES string of the molecule is COc1ccc(CNCc2ccc3c(c2)OCO3)cc1. The van der Waals surface area contributed by atoms with Gasteiger partial charge in [-0.25, -0.2) is 0 Å². The minimum absolute atomic E-state index is 0.318. The van der Waals surface area contributed by atoms with Crippen LogP contribution in [-0.2, 0) is 13.1 Å². The Bertz CT molecular complexity index is 581. The summed E-state index contributed by atoms with van der Waals surface area (Å²) in [6.07, 6.45) is 0. The first kappa shape index (κ1) is 12.8. The number of rotatable bonds is 5. The van der Waals surface area contributed by atoms with Gasteiger partial charge in [0.25, 0.3) is 0 Å². The lowest BCUT2D eigenvalue weighted by Crippen LogP contribution is -2.12. The van der Waals surface area contributed by atoms with Gasteiger partial charge in [-0.05, 0) is 35.4 Å². The van der Waals surface area contributed by atoms with Crippen molar-refractivity contribution in [3.05, 3.63) is 53.6 Å². The van der Waals surface area contributed by atoms with E-state index in [1.165, 1.54) is 11.1 Å². The van der Waals surface area contributed by atoms with Gasteiger partial charge in [0, 0.05) is 13.1 Å². The van der Waals surface area contributed by atoms with Crippen LogP contribution in [0.3, 0.4) is 0 Å². The summed E-state index contributed by atoms with van der Waals surface area (Å²) in [5.41, 5.74) is 2.41. The number of fused-ring (bicyclic) bond motifs is 1. The summed E-state index contributed by atoms with van der Waals surface area (Å²) in [6, 6.07) is 14.1. The number of hydrogen-bond donors (Lipinski definition) is 1. The van der Waals surface area contributed by atoms with Crippen molar-refractivity contribution in [2.24, 2.45) is 0 Å². The van der Waals surface area contributed by atoms with Gasteiger partial charge in [-0.1, -0.05) is 18.2 Å². The molecular formula is C16H17NO3.